The van der Waals surface area contributed by atoms with Gasteiger partial charge in [0.2, 0.25) is 5.91 Å². The molecule has 24 heavy (non-hydrogen) atoms. The Bertz CT molecular complexity index is 792. The average Bonchev–Trinajstić information content (AvgIpc) is 2.78. The maximum atomic E-state index is 12.7. The molecule has 2 aromatic carbocycles. The fraction of sp³-hybridized carbons (Fsp3) is 0.263. The van der Waals surface area contributed by atoms with Gasteiger partial charge in [-0.2, -0.15) is 0 Å². The highest BCUT2D eigenvalue weighted by molar-refractivity contribution is 9.10. The van der Waals surface area contributed by atoms with E-state index in [0.29, 0.717) is 5.69 Å². The van der Waals surface area contributed by atoms with Gasteiger partial charge in [0.1, 0.15) is 6.04 Å². The van der Waals surface area contributed by atoms with Gasteiger partial charge in [-0.25, -0.2) is 4.90 Å². The monoisotopic (exact) mass is 386 g/mol. The zero-order chi connectivity index (χ0) is 17.4. The Kier molecular flexibility index (Phi) is 4.45. The molecule has 0 aromatic heterocycles. The van der Waals surface area contributed by atoms with Crippen LogP contribution < -0.4 is 10.2 Å². The molecule has 1 saturated heterocycles. The number of halogens is 1. The summed E-state index contributed by atoms with van der Waals surface area (Å²) in [6.07, 6.45) is 0.168. The van der Waals surface area contributed by atoms with Crippen molar-refractivity contribution in [3.63, 3.8) is 0 Å². The van der Waals surface area contributed by atoms with E-state index in [4.69, 9.17) is 0 Å². The van der Waals surface area contributed by atoms with Crippen LogP contribution in [0.15, 0.2) is 40.9 Å². The number of benzene rings is 2. The van der Waals surface area contributed by atoms with E-state index >= 15 is 0 Å². The first-order valence-corrected chi connectivity index (χ1v) is 8.63. The quantitative estimate of drug-likeness (QED) is 0.807. The van der Waals surface area contributed by atoms with Gasteiger partial charge in [0.15, 0.2) is 0 Å². The Labute approximate surface area is 150 Å². The van der Waals surface area contributed by atoms with Crippen molar-refractivity contribution in [3.05, 3.63) is 57.6 Å². The van der Waals surface area contributed by atoms with E-state index in [0.717, 1.165) is 21.3 Å². The van der Waals surface area contributed by atoms with E-state index in [9.17, 15) is 9.59 Å². The van der Waals surface area contributed by atoms with Crippen molar-refractivity contribution in [1.29, 1.82) is 0 Å². The Hall–Kier alpha value is -2.14. The molecule has 4 nitrogen and oxygen atoms in total. The second-order valence-electron chi connectivity index (χ2n) is 6.22. The predicted octanol–water partition coefficient (Wildman–Crippen LogP) is 4.12. The molecule has 124 valence electrons. The number of nitrogens with one attached hydrogen (secondary N) is 1. The largest absolute Gasteiger partial charge is 0.373 e. The molecule has 3 rings (SSSR count). The van der Waals surface area contributed by atoms with Crippen molar-refractivity contribution in [2.24, 2.45) is 0 Å². The Balaban J connectivity index is 1.86. The highest BCUT2D eigenvalue weighted by Gasteiger charge is 2.39. The summed E-state index contributed by atoms with van der Waals surface area (Å²) >= 11 is 3.36. The molecule has 0 aliphatic carbocycles. The molecule has 0 saturated carbocycles. The standard InChI is InChI=1S/C19H19BrN2O2/c1-11-8-12(2)18(13(3)9-11)21-16-10-17(23)22(19(16)24)15-6-4-14(20)5-7-15/h4-9,16,21H,10H2,1-3H3. The molecule has 1 atom stereocenters. The molecule has 2 amide bonds. The molecule has 1 fully saturated rings. The number of hydrogen-bond donors (Lipinski definition) is 1. The fourth-order valence-electron chi connectivity index (χ4n) is 3.19. The van der Waals surface area contributed by atoms with E-state index in [1.165, 1.54) is 10.5 Å². The molecule has 1 aliphatic rings. The van der Waals surface area contributed by atoms with Crippen molar-refractivity contribution in [2.45, 2.75) is 33.2 Å². The van der Waals surface area contributed by atoms with Gasteiger partial charge in [-0.1, -0.05) is 33.6 Å². The molecule has 0 spiro atoms. The molecule has 2 aromatic rings. The minimum Gasteiger partial charge on any atom is -0.373 e. The van der Waals surface area contributed by atoms with Crippen molar-refractivity contribution in [3.8, 4) is 0 Å². The van der Waals surface area contributed by atoms with Gasteiger partial charge in [-0.05, 0) is 56.2 Å². The first-order valence-electron chi connectivity index (χ1n) is 7.83. The summed E-state index contributed by atoms with van der Waals surface area (Å²) in [6.45, 7) is 6.06. The second-order valence-corrected chi connectivity index (χ2v) is 7.13. The average molecular weight is 387 g/mol. The topological polar surface area (TPSA) is 49.4 Å². The lowest BCUT2D eigenvalue weighted by Crippen LogP contribution is -2.35. The Morgan fingerprint density at radius 2 is 1.62 bits per heavy atom. The van der Waals surface area contributed by atoms with E-state index in [1.54, 1.807) is 12.1 Å². The van der Waals surface area contributed by atoms with Crippen molar-refractivity contribution in [2.75, 3.05) is 10.2 Å². The summed E-state index contributed by atoms with van der Waals surface area (Å²) in [5.41, 5.74) is 4.88. The van der Waals surface area contributed by atoms with Gasteiger partial charge in [0, 0.05) is 10.2 Å². The van der Waals surface area contributed by atoms with E-state index in [1.807, 2.05) is 32.9 Å². The van der Waals surface area contributed by atoms with Gasteiger partial charge >= 0.3 is 0 Å². The van der Waals surface area contributed by atoms with Crippen molar-refractivity contribution in [1.82, 2.24) is 0 Å². The Morgan fingerprint density at radius 3 is 2.21 bits per heavy atom. The smallest absolute Gasteiger partial charge is 0.256 e. The number of amides is 2. The van der Waals surface area contributed by atoms with Crippen molar-refractivity contribution < 1.29 is 9.59 Å². The first-order chi connectivity index (χ1) is 11.4. The second kappa shape index (κ2) is 6.40. The lowest BCUT2D eigenvalue weighted by Gasteiger charge is -2.19. The number of nitrogens with zero attached hydrogens (tertiary/aromatic N) is 1. The maximum absolute atomic E-state index is 12.7. The number of carbonyl (C=O) groups is 2. The Morgan fingerprint density at radius 1 is 1.04 bits per heavy atom. The molecule has 1 N–H and O–H groups in total. The van der Waals surface area contributed by atoms with Gasteiger partial charge in [0.05, 0.1) is 12.1 Å². The summed E-state index contributed by atoms with van der Waals surface area (Å²) < 4.78 is 0.908. The normalized spacial score (nSPS) is 17.5. The third-order valence-electron chi connectivity index (χ3n) is 4.23. The molecular weight excluding hydrogens is 368 g/mol. The van der Waals surface area contributed by atoms with Crippen LogP contribution in [-0.4, -0.2) is 17.9 Å². The van der Waals surface area contributed by atoms with Crippen LogP contribution in [0, 0.1) is 20.8 Å². The van der Waals surface area contributed by atoms with Gasteiger partial charge < -0.3 is 5.32 Å². The molecule has 0 bridgehead atoms. The number of anilines is 2. The molecule has 1 aliphatic heterocycles. The first kappa shape index (κ1) is 16.7. The van der Waals surface area contributed by atoms with Crippen LogP contribution in [0.1, 0.15) is 23.1 Å². The minimum absolute atomic E-state index is 0.168. The molecule has 0 radical (unpaired) electrons. The van der Waals surface area contributed by atoms with Crippen LogP contribution in [0.4, 0.5) is 11.4 Å². The van der Waals surface area contributed by atoms with Gasteiger partial charge in [-0.3, -0.25) is 9.59 Å². The molecule has 5 heteroatoms. The van der Waals surface area contributed by atoms with Crippen LogP contribution in [-0.2, 0) is 9.59 Å². The van der Waals surface area contributed by atoms with Gasteiger partial charge in [-0.15, -0.1) is 0 Å². The number of carbonyl (C=O) groups excluding carboxylic acids is 2. The number of rotatable bonds is 3. The maximum Gasteiger partial charge on any atom is 0.256 e. The third kappa shape index (κ3) is 3.08. The number of imide groups is 1. The SMILES string of the molecule is Cc1cc(C)c(NC2CC(=O)N(c3ccc(Br)cc3)C2=O)c(C)c1. The third-order valence-corrected chi connectivity index (χ3v) is 4.76. The molecular formula is C19H19BrN2O2. The summed E-state index contributed by atoms with van der Waals surface area (Å²) in [7, 11) is 0. The van der Waals surface area contributed by atoms with Crippen molar-refractivity contribution >= 4 is 39.1 Å². The summed E-state index contributed by atoms with van der Waals surface area (Å²) in [6, 6.07) is 10.8. The fourth-order valence-corrected chi connectivity index (χ4v) is 3.45. The van der Waals surface area contributed by atoms with E-state index in [-0.39, 0.29) is 18.2 Å². The summed E-state index contributed by atoms with van der Waals surface area (Å²) in [5.74, 6) is -0.385. The van der Waals surface area contributed by atoms with Crippen LogP contribution in [0.25, 0.3) is 0 Å². The summed E-state index contributed by atoms with van der Waals surface area (Å²) in [5, 5.41) is 3.27. The molecule has 1 heterocycles. The highest BCUT2D eigenvalue weighted by Crippen LogP contribution is 2.29. The van der Waals surface area contributed by atoms with Crippen LogP contribution >= 0.6 is 15.9 Å². The number of hydrogen-bond acceptors (Lipinski definition) is 3. The van der Waals surface area contributed by atoms with Crippen LogP contribution in [0.2, 0.25) is 0 Å². The minimum atomic E-state index is -0.527. The van der Waals surface area contributed by atoms with Crippen LogP contribution in [0.5, 0.6) is 0 Å². The predicted molar refractivity (Wildman–Crippen MR) is 99.3 cm³/mol. The van der Waals surface area contributed by atoms with Gasteiger partial charge in [0.25, 0.3) is 5.91 Å². The number of aryl methyl sites for hydroxylation is 3. The molecule has 1 unspecified atom stereocenters. The zero-order valence-corrected chi connectivity index (χ0v) is 15.5. The van der Waals surface area contributed by atoms with E-state index < -0.39 is 6.04 Å². The van der Waals surface area contributed by atoms with E-state index in [2.05, 4.69) is 33.4 Å². The van der Waals surface area contributed by atoms with Crippen LogP contribution in [0.3, 0.4) is 0 Å². The highest BCUT2D eigenvalue weighted by atomic mass is 79.9. The zero-order valence-electron chi connectivity index (χ0n) is 13.9. The summed E-state index contributed by atoms with van der Waals surface area (Å²) in [4.78, 5) is 26.3. The lowest BCUT2D eigenvalue weighted by atomic mass is 10.0. The lowest BCUT2D eigenvalue weighted by molar-refractivity contribution is -0.121.